The number of carbonyl (C=O) groups excluding carboxylic acids is 1. The van der Waals surface area contributed by atoms with Crippen LogP contribution in [0.25, 0.3) is 11.3 Å². The Hall–Kier alpha value is -1.72. The summed E-state index contributed by atoms with van der Waals surface area (Å²) in [6, 6.07) is 15.9. The summed E-state index contributed by atoms with van der Waals surface area (Å²) in [6.07, 6.45) is 4.27. The summed E-state index contributed by atoms with van der Waals surface area (Å²) in [7, 11) is 0. The van der Waals surface area contributed by atoms with Crippen LogP contribution >= 0.6 is 31.9 Å². The lowest BCUT2D eigenvalue weighted by Gasteiger charge is -2.00. The first-order valence-electron chi connectivity index (χ1n) is 8.28. The maximum atomic E-state index is 12.7. The molecule has 0 unspecified atom stereocenters. The molecule has 126 valence electrons. The van der Waals surface area contributed by atoms with Gasteiger partial charge in [0.1, 0.15) is 6.20 Å². The highest BCUT2D eigenvalue weighted by molar-refractivity contribution is 9.10. The second-order valence-electron chi connectivity index (χ2n) is 6.25. The molecular weight excluding hydrogens is 444 g/mol. The SMILES string of the molecule is O=C(C[n+]1cc(-c2ccc(Br)cc2)n2c1CCC2)c1ccc(Br)cc1. The van der Waals surface area contributed by atoms with Crippen LogP contribution in [0.4, 0.5) is 0 Å². The molecule has 5 heteroatoms. The molecule has 0 bridgehead atoms. The van der Waals surface area contributed by atoms with Crippen LogP contribution in [-0.4, -0.2) is 10.4 Å². The topological polar surface area (TPSA) is 25.9 Å². The van der Waals surface area contributed by atoms with Gasteiger partial charge < -0.3 is 0 Å². The highest BCUT2D eigenvalue weighted by Gasteiger charge is 2.29. The molecule has 0 amide bonds. The molecule has 0 fully saturated rings. The molecule has 2 aromatic carbocycles. The van der Waals surface area contributed by atoms with E-state index in [1.165, 1.54) is 17.1 Å². The molecule has 0 saturated carbocycles. The van der Waals surface area contributed by atoms with Crippen molar-refractivity contribution in [1.82, 2.24) is 4.57 Å². The van der Waals surface area contributed by atoms with Gasteiger partial charge in [0, 0.05) is 20.1 Å². The zero-order chi connectivity index (χ0) is 17.4. The van der Waals surface area contributed by atoms with Crippen molar-refractivity contribution < 1.29 is 9.36 Å². The van der Waals surface area contributed by atoms with Crippen molar-refractivity contribution in [1.29, 1.82) is 0 Å². The Morgan fingerprint density at radius 1 is 1.00 bits per heavy atom. The van der Waals surface area contributed by atoms with Crippen molar-refractivity contribution in [3.63, 3.8) is 0 Å². The van der Waals surface area contributed by atoms with E-state index in [1.54, 1.807) is 0 Å². The van der Waals surface area contributed by atoms with Gasteiger partial charge in [-0.15, -0.1) is 0 Å². The lowest BCUT2D eigenvalue weighted by atomic mass is 10.1. The Balaban J connectivity index is 1.66. The van der Waals surface area contributed by atoms with Crippen LogP contribution in [0.15, 0.2) is 63.7 Å². The van der Waals surface area contributed by atoms with Crippen molar-refractivity contribution in [2.75, 3.05) is 0 Å². The number of fused-ring (bicyclic) bond motifs is 1. The first kappa shape index (κ1) is 16.7. The molecule has 0 saturated heterocycles. The van der Waals surface area contributed by atoms with Gasteiger partial charge in [0.2, 0.25) is 5.78 Å². The monoisotopic (exact) mass is 459 g/mol. The van der Waals surface area contributed by atoms with E-state index in [4.69, 9.17) is 0 Å². The highest BCUT2D eigenvalue weighted by Crippen LogP contribution is 2.26. The summed E-state index contributed by atoms with van der Waals surface area (Å²) in [5.41, 5.74) is 3.11. The normalized spacial score (nSPS) is 13.0. The predicted molar refractivity (Wildman–Crippen MR) is 105 cm³/mol. The highest BCUT2D eigenvalue weighted by atomic mass is 79.9. The lowest BCUT2D eigenvalue weighted by Crippen LogP contribution is -2.40. The van der Waals surface area contributed by atoms with E-state index in [9.17, 15) is 4.79 Å². The summed E-state index contributed by atoms with van der Waals surface area (Å²) in [5.74, 6) is 1.38. The number of rotatable bonds is 4. The molecule has 2 heterocycles. The van der Waals surface area contributed by atoms with Gasteiger partial charge in [-0.05, 0) is 42.8 Å². The summed E-state index contributed by atoms with van der Waals surface area (Å²) in [4.78, 5) is 12.7. The Morgan fingerprint density at radius 2 is 1.64 bits per heavy atom. The fourth-order valence-electron chi connectivity index (χ4n) is 3.38. The van der Waals surface area contributed by atoms with Crippen LogP contribution in [0.5, 0.6) is 0 Å². The lowest BCUT2D eigenvalue weighted by molar-refractivity contribution is -0.689. The number of benzene rings is 2. The van der Waals surface area contributed by atoms with Gasteiger partial charge in [-0.2, -0.15) is 0 Å². The third kappa shape index (κ3) is 3.35. The fourth-order valence-corrected chi connectivity index (χ4v) is 3.91. The Kier molecular flexibility index (Phi) is 4.61. The number of ketones is 1. The van der Waals surface area contributed by atoms with Gasteiger partial charge in [-0.25, -0.2) is 9.13 Å². The molecule has 3 aromatic rings. The van der Waals surface area contributed by atoms with Crippen LogP contribution in [0.1, 0.15) is 22.6 Å². The molecule has 1 aliphatic rings. The Morgan fingerprint density at radius 3 is 2.32 bits per heavy atom. The van der Waals surface area contributed by atoms with Crippen LogP contribution in [0.2, 0.25) is 0 Å². The summed E-state index contributed by atoms with van der Waals surface area (Å²) >= 11 is 6.90. The number of nitrogens with zero attached hydrogens (tertiary/aromatic N) is 2. The van der Waals surface area contributed by atoms with Crippen molar-refractivity contribution in [3.05, 3.63) is 75.1 Å². The first-order valence-corrected chi connectivity index (χ1v) is 9.87. The van der Waals surface area contributed by atoms with Crippen molar-refractivity contribution in [2.45, 2.75) is 25.9 Å². The number of hydrogen-bond acceptors (Lipinski definition) is 1. The van der Waals surface area contributed by atoms with E-state index in [0.717, 1.165) is 33.9 Å². The standard InChI is InChI=1S/C20H17Br2N2O/c21-16-7-3-14(4-8-16)18-12-23(20-2-1-11-24(18)20)13-19(25)15-5-9-17(22)10-6-15/h3-10,12H,1-2,11,13H2/q+1. The van der Waals surface area contributed by atoms with Crippen LogP contribution in [0, 0.1) is 0 Å². The first-order chi connectivity index (χ1) is 12.1. The van der Waals surface area contributed by atoms with E-state index >= 15 is 0 Å². The minimum atomic E-state index is 0.139. The largest absolute Gasteiger partial charge is 0.290 e. The number of imidazole rings is 1. The minimum Gasteiger partial charge on any atom is -0.290 e. The van der Waals surface area contributed by atoms with E-state index in [0.29, 0.717) is 6.54 Å². The second kappa shape index (κ2) is 6.89. The third-order valence-electron chi connectivity index (χ3n) is 4.61. The van der Waals surface area contributed by atoms with Gasteiger partial charge in [-0.3, -0.25) is 4.79 Å². The van der Waals surface area contributed by atoms with Gasteiger partial charge in [0.05, 0.1) is 13.0 Å². The molecule has 0 aliphatic carbocycles. The summed E-state index contributed by atoms with van der Waals surface area (Å²) in [5, 5.41) is 0. The number of carbonyl (C=O) groups is 1. The molecule has 0 atom stereocenters. The molecule has 0 N–H and O–H groups in total. The van der Waals surface area contributed by atoms with Crippen LogP contribution < -0.4 is 4.57 Å². The van der Waals surface area contributed by atoms with Gasteiger partial charge in [0.25, 0.3) is 5.82 Å². The molecule has 1 aliphatic heterocycles. The molecule has 1 aromatic heterocycles. The van der Waals surface area contributed by atoms with E-state index < -0.39 is 0 Å². The van der Waals surface area contributed by atoms with E-state index in [2.05, 4.69) is 71.5 Å². The summed E-state index contributed by atoms with van der Waals surface area (Å²) < 4.78 is 6.52. The molecule has 3 nitrogen and oxygen atoms in total. The molecule has 25 heavy (non-hydrogen) atoms. The average Bonchev–Trinajstić information content (AvgIpc) is 3.20. The minimum absolute atomic E-state index is 0.139. The van der Waals surface area contributed by atoms with Crippen LogP contribution in [0.3, 0.4) is 0 Å². The number of Topliss-reactive ketones (excluding diaryl/α,β-unsaturated/α-hetero) is 1. The van der Waals surface area contributed by atoms with Gasteiger partial charge in [-0.1, -0.05) is 44.0 Å². The molecule has 4 rings (SSSR count). The van der Waals surface area contributed by atoms with Gasteiger partial charge in [0.15, 0.2) is 12.2 Å². The Bertz CT molecular complexity index is 928. The average molecular weight is 461 g/mol. The molecular formula is C20H17Br2N2O+. The maximum absolute atomic E-state index is 12.7. The number of hydrogen-bond donors (Lipinski definition) is 0. The van der Waals surface area contributed by atoms with Gasteiger partial charge >= 0.3 is 0 Å². The van der Waals surface area contributed by atoms with E-state index in [1.807, 2.05) is 24.3 Å². The fraction of sp³-hybridized carbons (Fsp3) is 0.200. The smallest absolute Gasteiger partial charge is 0.257 e. The van der Waals surface area contributed by atoms with Crippen molar-refractivity contribution in [2.24, 2.45) is 0 Å². The Labute approximate surface area is 163 Å². The third-order valence-corrected chi connectivity index (χ3v) is 5.67. The number of halogens is 2. The quantitative estimate of drug-likeness (QED) is 0.405. The second-order valence-corrected chi connectivity index (χ2v) is 8.08. The predicted octanol–water partition coefficient (Wildman–Crippen LogP) is 4.80. The van der Waals surface area contributed by atoms with Crippen LogP contribution in [-0.2, 0) is 19.5 Å². The van der Waals surface area contributed by atoms with E-state index in [-0.39, 0.29) is 5.78 Å². The summed E-state index contributed by atoms with van der Waals surface area (Å²) in [6.45, 7) is 1.40. The number of aromatic nitrogens is 2. The zero-order valence-corrected chi connectivity index (χ0v) is 16.8. The zero-order valence-electron chi connectivity index (χ0n) is 13.6. The molecule has 0 spiro atoms. The van der Waals surface area contributed by atoms with Crippen molar-refractivity contribution >= 4 is 37.6 Å². The molecule has 0 radical (unpaired) electrons. The maximum Gasteiger partial charge on any atom is 0.257 e. The van der Waals surface area contributed by atoms with Crippen molar-refractivity contribution in [3.8, 4) is 11.3 Å².